The standard InChI is InChI=1S/C32H36N2O4/c1-19(2)37-23-15-13-21(14-16-23)22-17-27-30(28(35)18-22)31(34-26-11-7-6-10-25(26)33-27)24-9-8-12-29(36-5)32(24)38-20(3)4/h6-16,19-20,22,31,33-34H,17-18H2,1-5H3. The van der Waals surface area contributed by atoms with Crippen LogP contribution in [0.2, 0.25) is 0 Å². The van der Waals surface area contributed by atoms with E-state index in [0.717, 1.165) is 45.9 Å². The molecule has 2 unspecified atom stereocenters. The molecule has 1 aliphatic carbocycles. The van der Waals surface area contributed by atoms with Gasteiger partial charge in [-0.2, -0.15) is 0 Å². The van der Waals surface area contributed by atoms with Crippen LogP contribution >= 0.6 is 0 Å². The molecule has 0 spiro atoms. The van der Waals surface area contributed by atoms with Crippen LogP contribution in [0.15, 0.2) is 78.0 Å². The van der Waals surface area contributed by atoms with E-state index >= 15 is 0 Å². The minimum absolute atomic E-state index is 0.0521. The van der Waals surface area contributed by atoms with Crippen molar-refractivity contribution in [3.05, 3.63) is 89.1 Å². The molecule has 0 aromatic heterocycles. The smallest absolute Gasteiger partial charge is 0.167 e. The van der Waals surface area contributed by atoms with E-state index in [1.807, 2.05) is 82.3 Å². The molecule has 1 heterocycles. The van der Waals surface area contributed by atoms with E-state index in [2.05, 4.69) is 22.8 Å². The maximum absolute atomic E-state index is 14.0. The maximum Gasteiger partial charge on any atom is 0.167 e. The number of hydrogen-bond donors (Lipinski definition) is 2. The Kier molecular flexibility index (Phi) is 7.32. The van der Waals surface area contributed by atoms with Gasteiger partial charge in [0.25, 0.3) is 0 Å². The molecular formula is C32H36N2O4. The number of anilines is 2. The Hall–Kier alpha value is -3.93. The summed E-state index contributed by atoms with van der Waals surface area (Å²) in [6.45, 7) is 8.02. The quantitative estimate of drug-likeness (QED) is 0.348. The SMILES string of the molecule is COc1cccc(C2Nc3ccccc3NC3=C2C(=O)CC(c2ccc(OC(C)C)cc2)C3)c1OC(C)C. The number of carbonyl (C=O) groups is 1. The second-order valence-electron chi connectivity index (χ2n) is 10.4. The van der Waals surface area contributed by atoms with Gasteiger partial charge in [0.15, 0.2) is 17.3 Å². The molecule has 3 aromatic carbocycles. The second kappa shape index (κ2) is 10.8. The van der Waals surface area contributed by atoms with Gasteiger partial charge in [-0.1, -0.05) is 36.4 Å². The minimum Gasteiger partial charge on any atom is -0.493 e. The fraction of sp³-hybridized carbons (Fsp3) is 0.344. The molecule has 0 radical (unpaired) electrons. The van der Waals surface area contributed by atoms with E-state index < -0.39 is 0 Å². The fourth-order valence-electron chi connectivity index (χ4n) is 5.33. The summed E-state index contributed by atoms with van der Waals surface area (Å²) >= 11 is 0. The van der Waals surface area contributed by atoms with E-state index in [-0.39, 0.29) is 30.0 Å². The van der Waals surface area contributed by atoms with Gasteiger partial charge < -0.3 is 24.8 Å². The third-order valence-electron chi connectivity index (χ3n) is 6.93. The van der Waals surface area contributed by atoms with Gasteiger partial charge in [0.1, 0.15) is 5.75 Å². The summed E-state index contributed by atoms with van der Waals surface area (Å²) in [7, 11) is 1.64. The molecule has 198 valence electrons. The van der Waals surface area contributed by atoms with Crippen molar-refractivity contribution in [2.24, 2.45) is 0 Å². The van der Waals surface area contributed by atoms with Crippen LogP contribution < -0.4 is 24.8 Å². The molecular weight excluding hydrogens is 476 g/mol. The molecule has 6 heteroatoms. The monoisotopic (exact) mass is 512 g/mol. The van der Waals surface area contributed by atoms with Crippen molar-refractivity contribution >= 4 is 17.2 Å². The summed E-state index contributed by atoms with van der Waals surface area (Å²) in [6.07, 6.45) is 1.22. The van der Waals surface area contributed by atoms with Crippen LogP contribution in [0.25, 0.3) is 0 Å². The zero-order chi connectivity index (χ0) is 26.8. The Balaban J connectivity index is 1.58. The van der Waals surface area contributed by atoms with Gasteiger partial charge in [-0.3, -0.25) is 4.79 Å². The van der Waals surface area contributed by atoms with E-state index in [1.54, 1.807) is 7.11 Å². The molecule has 0 saturated heterocycles. The molecule has 0 amide bonds. The molecule has 6 nitrogen and oxygen atoms in total. The van der Waals surface area contributed by atoms with E-state index in [1.165, 1.54) is 0 Å². The molecule has 0 fully saturated rings. The number of rotatable bonds is 7. The van der Waals surface area contributed by atoms with Crippen LogP contribution in [-0.2, 0) is 4.79 Å². The average Bonchev–Trinajstić information content (AvgIpc) is 3.05. The van der Waals surface area contributed by atoms with Gasteiger partial charge in [-0.15, -0.1) is 0 Å². The summed E-state index contributed by atoms with van der Waals surface area (Å²) in [5.74, 6) is 2.34. The first kappa shape index (κ1) is 25.7. The highest BCUT2D eigenvalue weighted by Gasteiger charge is 2.37. The largest absolute Gasteiger partial charge is 0.493 e. The number of nitrogens with one attached hydrogen (secondary N) is 2. The first-order chi connectivity index (χ1) is 18.3. The summed E-state index contributed by atoms with van der Waals surface area (Å²) in [6, 6.07) is 21.7. The molecule has 2 N–H and O–H groups in total. The first-order valence-corrected chi connectivity index (χ1v) is 13.3. The van der Waals surface area contributed by atoms with Crippen LogP contribution in [0.4, 0.5) is 11.4 Å². The number of hydrogen-bond acceptors (Lipinski definition) is 6. The predicted octanol–water partition coefficient (Wildman–Crippen LogP) is 7.25. The molecule has 0 saturated carbocycles. The van der Waals surface area contributed by atoms with Gasteiger partial charge in [0.05, 0.1) is 36.7 Å². The van der Waals surface area contributed by atoms with Crippen molar-refractivity contribution < 1.29 is 19.0 Å². The van der Waals surface area contributed by atoms with Crippen molar-refractivity contribution in [2.45, 2.75) is 64.7 Å². The van der Waals surface area contributed by atoms with Gasteiger partial charge >= 0.3 is 0 Å². The van der Waals surface area contributed by atoms with E-state index in [0.29, 0.717) is 17.9 Å². The molecule has 2 atom stereocenters. The van der Waals surface area contributed by atoms with Crippen molar-refractivity contribution in [3.8, 4) is 17.2 Å². The number of Topliss-reactive ketones (excluding diaryl/α,β-unsaturated/α-hetero) is 1. The number of fused-ring (bicyclic) bond motifs is 1. The number of methoxy groups -OCH3 is 1. The average molecular weight is 513 g/mol. The van der Waals surface area contributed by atoms with Crippen LogP contribution in [0.3, 0.4) is 0 Å². The first-order valence-electron chi connectivity index (χ1n) is 13.3. The fourth-order valence-corrected chi connectivity index (χ4v) is 5.33. The summed E-state index contributed by atoms with van der Waals surface area (Å²) in [5.41, 5.74) is 5.59. The summed E-state index contributed by atoms with van der Waals surface area (Å²) < 4.78 is 17.8. The molecule has 38 heavy (non-hydrogen) atoms. The number of para-hydroxylation sites is 3. The predicted molar refractivity (Wildman–Crippen MR) is 151 cm³/mol. The van der Waals surface area contributed by atoms with E-state index in [4.69, 9.17) is 14.2 Å². The third kappa shape index (κ3) is 5.21. The van der Waals surface area contributed by atoms with Gasteiger partial charge in [-0.05, 0) is 75.9 Å². The molecule has 3 aromatic rings. The highest BCUT2D eigenvalue weighted by Crippen LogP contribution is 2.47. The van der Waals surface area contributed by atoms with Crippen molar-refractivity contribution in [3.63, 3.8) is 0 Å². The van der Waals surface area contributed by atoms with Gasteiger partial charge in [0.2, 0.25) is 0 Å². The number of benzene rings is 3. The lowest BCUT2D eigenvalue weighted by Crippen LogP contribution is -2.27. The van der Waals surface area contributed by atoms with Crippen molar-refractivity contribution in [2.75, 3.05) is 17.7 Å². The lowest BCUT2D eigenvalue weighted by molar-refractivity contribution is -0.116. The van der Waals surface area contributed by atoms with Crippen molar-refractivity contribution in [1.29, 1.82) is 0 Å². The Morgan fingerprint density at radius 1 is 0.816 bits per heavy atom. The van der Waals surface area contributed by atoms with Gasteiger partial charge in [-0.25, -0.2) is 0 Å². The third-order valence-corrected chi connectivity index (χ3v) is 6.93. The molecule has 5 rings (SSSR count). The molecule has 0 bridgehead atoms. The second-order valence-corrected chi connectivity index (χ2v) is 10.4. The minimum atomic E-state index is -0.389. The Morgan fingerprint density at radius 2 is 1.53 bits per heavy atom. The summed E-state index contributed by atoms with van der Waals surface area (Å²) in [4.78, 5) is 14.0. The zero-order valence-electron chi connectivity index (χ0n) is 22.7. The summed E-state index contributed by atoms with van der Waals surface area (Å²) in [5, 5.41) is 7.27. The number of allylic oxidation sites excluding steroid dienone is 1. The number of ether oxygens (including phenoxy) is 3. The van der Waals surface area contributed by atoms with Crippen molar-refractivity contribution in [1.82, 2.24) is 0 Å². The maximum atomic E-state index is 14.0. The van der Waals surface area contributed by atoms with Crippen LogP contribution in [0, 0.1) is 0 Å². The number of carbonyl (C=O) groups excluding carboxylic acids is 1. The Morgan fingerprint density at radius 3 is 2.21 bits per heavy atom. The van der Waals surface area contributed by atoms with Crippen LogP contribution in [0.5, 0.6) is 17.2 Å². The van der Waals surface area contributed by atoms with Crippen LogP contribution in [-0.4, -0.2) is 25.1 Å². The number of ketones is 1. The van der Waals surface area contributed by atoms with Gasteiger partial charge in [0, 0.05) is 23.3 Å². The Labute approximate surface area is 225 Å². The molecule has 1 aliphatic heterocycles. The zero-order valence-corrected chi connectivity index (χ0v) is 22.7. The Bertz CT molecular complexity index is 1340. The lowest BCUT2D eigenvalue weighted by Gasteiger charge is -2.31. The molecule has 2 aliphatic rings. The highest BCUT2D eigenvalue weighted by atomic mass is 16.5. The lowest BCUT2D eigenvalue weighted by atomic mass is 9.78. The normalized spacial score (nSPS) is 18.8. The van der Waals surface area contributed by atoms with Crippen LogP contribution in [0.1, 0.15) is 63.6 Å². The van der Waals surface area contributed by atoms with E-state index in [9.17, 15) is 4.79 Å². The topological polar surface area (TPSA) is 68.8 Å². The highest BCUT2D eigenvalue weighted by molar-refractivity contribution is 6.01.